The van der Waals surface area contributed by atoms with Gasteiger partial charge in [0, 0.05) is 0 Å². The van der Waals surface area contributed by atoms with Gasteiger partial charge in [-0.15, -0.1) is 0 Å². The molecule has 0 aromatic heterocycles. The maximum absolute atomic E-state index is 3.98. The van der Waals surface area contributed by atoms with Crippen molar-refractivity contribution in [3.05, 3.63) is 0 Å². The van der Waals surface area contributed by atoms with Gasteiger partial charge < -0.3 is 0 Å². The van der Waals surface area contributed by atoms with Crippen molar-refractivity contribution in [3.8, 4) is 0 Å². The van der Waals surface area contributed by atoms with E-state index in [1.54, 1.807) is 128 Å². The summed E-state index contributed by atoms with van der Waals surface area (Å²) in [5.74, 6) is 19.1. The minimum atomic E-state index is -3.98. The van der Waals surface area contributed by atoms with E-state index in [1.165, 1.54) is 151 Å². The molecule has 16 bridgehead atoms. The molecule has 3 heteroatoms. The fourth-order valence-corrected chi connectivity index (χ4v) is 138. The SMILES string of the molecule is CC(C)(C)[C]12[CH]3[C]4(CP(C5C6CC7CC(C6)CC5C7)C5C6CC7CC(C6)CC5C7)[C]5(CP(C6C7CC8CC(C7)CC6C8)C6C7CC8CC(C7)CC6C8)[CH]1[Fe]34521678[CH]2[CH]1[CH]6[CH]7[CH]28. The van der Waals surface area contributed by atoms with E-state index >= 15 is 0 Å². The first-order valence-corrected chi connectivity index (χ1v) is 37.6. The molecular weight excluding hydrogens is 790 g/mol. The van der Waals surface area contributed by atoms with Gasteiger partial charge in [-0.25, -0.2) is 0 Å². The Morgan fingerprint density at radius 1 is 0.356 bits per heavy atom. The van der Waals surface area contributed by atoms with Crippen LogP contribution in [0.1, 0.15) is 149 Å². The topological polar surface area (TPSA) is 0 Å². The van der Waals surface area contributed by atoms with E-state index in [1.807, 2.05) is 12.3 Å². The van der Waals surface area contributed by atoms with E-state index in [9.17, 15) is 0 Å². The average molecular weight is 871 g/mol. The number of hydrogen-bond donors (Lipinski definition) is 0. The molecule has 10 aliphatic heterocycles. The van der Waals surface area contributed by atoms with Crippen LogP contribution in [0.2, 0.25) is 46.7 Å². The van der Waals surface area contributed by atoms with E-state index in [2.05, 4.69) is 20.8 Å². The molecule has 26 aliphatic rings. The number of fused-ring (bicyclic) bond motifs is 10. The number of rotatable bonds is 8. The Morgan fingerprint density at radius 3 is 0.763 bits per heavy atom. The zero-order chi connectivity index (χ0) is 37.6. The molecule has 26 rings (SSSR count). The second-order valence-corrected chi connectivity index (χ2v) is 61.6. The first-order valence-electron chi connectivity index (χ1n) is 28.1. The number of hydrogen-bond acceptors (Lipinski definition) is 0. The van der Waals surface area contributed by atoms with Gasteiger partial charge in [-0.3, -0.25) is 0 Å². The average Bonchev–Trinajstić information content (AvgIpc) is 4.12. The third-order valence-corrected chi connectivity index (χ3v) is 89.4. The Morgan fingerprint density at radius 2 is 0.576 bits per heavy atom. The summed E-state index contributed by atoms with van der Waals surface area (Å²) in [6, 6.07) is 0. The summed E-state index contributed by atoms with van der Waals surface area (Å²) in [5, 5.41) is 0. The molecular formula is C56H80FeP2. The zero-order valence-corrected chi connectivity index (χ0v) is 40.3. The molecule has 4 unspecified atom stereocenters. The molecule has 16 saturated carbocycles. The van der Waals surface area contributed by atoms with Crippen molar-refractivity contribution in [2.24, 2.45) is 100 Å². The molecule has 322 valence electrons. The van der Waals surface area contributed by atoms with Gasteiger partial charge in [0.15, 0.2) is 0 Å². The monoisotopic (exact) mass is 871 g/mol. The maximum atomic E-state index is 2.96. The third-order valence-electron chi connectivity index (χ3n) is 35.8. The van der Waals surface area contributed by atoms with Crippen molar-refractivity contribution in [1.29, 1.82) is 0 Å². The van der Waals surface area contributed by atoms with E-state index < -0.39 is 6.51 Å². The quantitative estimate of drug-likeness (QED) is 0.168. The first kappa shape index (κ1) is 32.1. The summed E-state index contributed by atoms with van der Waals surface area (Å²) >= 11 is 0. The van der Waals surface area contributed by atoms with Crippen molar-refractivity contribution in [2.75, 3.05) is 12.3 Å². The molecule has 0 aromatic carbocycles. The van der Waals surface area contributed by atoms with E-state index in [0.29, 0.717) is 5.41 Å². The van der Waals surface area contributed by atoms with Crippen LogP contribution >= 0.6 is 15.8 Å². The van der Waals surface area contributed by atoms with Gasteiger partial charge in [0.2, 0.25) is 0 Å². The van der Waals surface area contributed by atoms with Gasteiger partial charge in [0.1, 0.15) is 0 Å². The normalized spacial score (nSPS) is 84.1. The predicted molar refractivity (Wildman–Crippen MR) is 241 cm³/mol. The Labute approximate surface area is 351 Å². The summed E-state index contributed by atoms with van der Waals surface area (Å²) < 4.78 is 3.23. The van der Waals surface area contributed by atoms with Crippen LogP contribution in [-0.4, -0.2) is 35.0 Å². The van der Waals surface area contributed by atoms with Crippen LogP contribution in [0, 0.1) is 100 Å². The molecule has 0 radical (unpaired) electrons. The summed E-state index contributed by atoms with van der Waals surface area (Å²) in [6.45, 7) is 4.91. The Kier molecular flexibility index (Phi) is 3.43. The molecule has 59 heavy (non-hydrogen) atoms. The van der Waals surface area contributed by atoms with Crippen LogP contribution in [0.4, 0.5) is 0 Å². The first-order chi connectivity index (χ1) is 28.4. The summed E-state index contributed by atoms with van der Waals surface area (Å²) in [5.41, 5.74) is 5.76. The van der Waals surface area contributed by atoms with E-state index in [4.69, 9.17) is 0 Å². The second kappa shape index (κ2) is 6.29. The molecule has 0 N–H and O–H groups in total. The summed E-state index contributed by atoms with van der Waals surface area (Å²) in [7, 11) is 0.424. The molecule has 26 fully saturated rings. The predicted octanol–water partition coefficient (Wildman–Crippen LogP) is 15.8. The zero-order valence-electron chi connectivity index (χ0n) is 37.4. The molecule has 10 saturated heterocycles. The van der Waals surface area contributed by atoms with Crippen LogP contribution in [0.15, 0.2) is 0 Å². The molecule has 1 spiro atoms. The third kappa shape index (κ3) is 1.30. The van der Waals surface area contributed by atoms with Crippen molar-refractivity contribution in [3.63, 3.8) is 0 Å². The van der Waals surface area contributed by atoms with Gasteiger partial charge in [0.25, 0.3) is 0 Å². The van der Waals surface area contributed by atoms with Gasteiger partial charge in [-0.05, 0) is 0 Å². The van der Waals surface area contributed by atoms with Gasteiger partial charge in [-0.1, -0.05) is 0 Å². The van der Waals surface area contributed by atoms with Crippen LogP contribution < -0.4 is 0 Å². The van der Waals surface area contributed by atoms with E-state index in [0.717, 1.165) is 12.9 Å². The van der Waals surface area contributed by atoms with E-state index in [-0.39, 0.29) is 15.8 Å². The van der Waals surface area contributed by atoms with Gasteiger partial charge in [-0.2, -0.15) is 0 Å². The van der Waals surface area contributed by atoms with Gasteiger partial charge >= 0.3 is 353 Å². The molecule has 10 heterocycles. The molecule has 0 amide bonds. The van der Waals surface area contributed by atoms with Crippen molar-refractivity contribution < 1.29 is 6.51 Å². The fraction of sp³-hybridized carbons (Fsp3) is 1.00. The van der Waals surface area contributed by atoms with Crippen molar-refractivity contribution in [2.45, 2.75) is 218 Å². The van der Waals surface area contributed by atoms with Crippen molar-refractivity contribution in [1.82, 2.24) is 0 Å². The van der Waals surface area contributed by atoms with Crippen LogP contribution in [0.25, 0.3) is 0 Å². The van der Waals surface area contributed by atoms with Gasteiger partial charge in [0.05, 0.1) is 0 Å². The molecule has 16 aliphatic carbocycles. The van der Waals surface area contributed by atoms with Crippen LogP contribution in [-0.2, 0) is 6.51 Å². The second-order valence-electron chi connectivity index (χ2n) is 33.4. The standard InChI is InChI=1S/C51H75P2.C5H5.Fe/c1-51(2,3)46-24-44(26-52(47-36-8-28-4-29(10-36)11-37(47)9-28)48-38-12-30-5-31(14-38)15-39(48)13-30)45(25-46)27-53(49-40-16-32-6-33(18-40)19-41(49)17-32)50-42-20-34-7-35(22-42)23-43(50)21-34;1-2-4-5-3-1;/h24-25,28-43,47-50H,4-23,26-27H2,1-3H3;1-5H;. The summed E-state index contributed by atoms with van der Waals surface area (Å²) in [6.07, 6.45) is 38.6. The molecule has 4 atom stereocenters. The molecule has 0 aromatic rings. The Hall–Kier alpha value is 1.38. The molecule has 0 nitrogen and oxygen atoms in total. The van der Waals surface area contributed by atoms with Crippen molar-refractivity contribution >= 4 is 15.8 Å². The minimum absolute atomic E-state index is 0.212. The van der Waals surface area contributed by atoms with Crippen LogP contribution in [0.3, 0.4) is 0 Å². The van der Waals surface area contributed by atoms with Crippen LogP contribution in [0.5, 0.6) is 0 Å². The Bertz CT molecular complexity index is 2190. The summed E-state index contributed by atoms with van der Waals surface area (Å²) in [4.78, 5) is 10.4. The fourth-order valence-electron chi connectivity index (χ4n) is 39.9. The Balaban J connectivity index is 0.762.